The van der Waals surface area contributed by atoms with Crippen molar-refractivity contribution < 1.29 is 9.53 Å². The van der Waals surface area contributed by atoms with Crippen LogP contribution < -0.4 is 5.32 Å². The van der Waals surface area contributed by atoms with E-state index in [9.17, 15) is 4.79 Å². The van der Waals surface area contributed by atoms with Crippen LogP contribution in [0.5, 0.6) is 0 Å². The van der Waals surface area contributed by atoms with Crippen molar-refractivity contribution >= 4 is 5.91 Å². The van der Waals surface area contributed by atoms with Gasteiger partial charge >= 0.3 is 0 Å². The first-order valence-corrected chi connectivity index (χ1v) is 7.34. The van der Waals surface area contributed by atoms with Crippen LogP contribution in [0.2, 0.25) is 0 Å². The minimum absolute atomic E-state index is 0.139. The van der Waals surface area contributed by atoms with Gasteiger partial charge in [-0.25, -0.2) is 0 Å². The molecule has 6 nitrogen and oxygen atoms in total. The number of piperidine rings is 1. The third kappa shape index (κ3) is 2.71. The van der Waals surface area contributed by atoms with Crippen LogP contribution in [0.4, 0.5) is 0 Å². The average molecular weight is 278 g/mol. The SMILES string of the molecule is Cn1nccc1C1CCN(C(=O)[C@@H]2CNCCO2)CC1. The molecule has 2 aliphatic heterocycles. The molecule has 1 aromatic heterocycles. The van der Waals surface area contributed by atoms with Crippen molar-refractivity contribution in [2.45, 2.75) is 24.9 Å². The Labute approximate surface area is 119 Å². The zero-order valence-corrected chi connectivity index (χ0v) is 11.9. The van der Waals surface area contributed by atoms with Crippen LogP contribution in [0, 0.1) is 0 Å². The number of ether oxygens (including phenoxy) is 1. The van der Waals surface area contributed by atoms with Gasteiger partial charge in [0.25, 0.3) is 5.91 Å². The summed E-state index contributed by atoms with van der Waals surface area (Å²) in [6.07, 6.45) is 3.56. The van der Waals surface area contributed by atoms with Crippen LogP contribution in [0.15, 0.2) is 12.3 Å². The predicted octanol–water partition coefficient (Wildman–Crippen LogP) is 0.115. The number of nitrogens with one attached hydrogen (secondary N) is 1. The molecule has 1 aromatic rings. The van der Waals surface area contributed by atoms with Crippen molar-refractivity contribution in [1.82, 2.24) is 20.0 Å². The Hall–Kier alpha value is -1.40. The fourth-order valence-electron chi connectivity index (χ4n) is 3.11. The van der Waals surface area contributed by atoms with Crippen molar-refractivity contribution in [1.29, 1.82) is 0 Å². The molecule has 0 saturated carbocycles. The Morgan fingerprint density at radius 2 is 2.25 bits per heavy atom. The lowest BCUT2D eigenvalue weighted by molar-refractivity contribution is -0.146. The van der Waals surface area contributed by atoms with Gasteiger partial charge in [0.2, 0.25) is 0 Å². The summed E-state index contributed by atoms with van der Waals surface area (Å²) in [6, 6.07) is 2.08. The normalized spacial score (nSPS) is 24.9. The second-order valence-electron chi connectivity index (χ2n) is 5.54. The number of hydrogen-bond acceptors (Lipinski definition) is 4. The summed E-state index contributed by atoms with van der Waals surface area (Å²) in [6.45, 7) is 3.73. The van der Waals surface area contributed by atoms with Gasteiger partial charge in [-0.2, -0.15) is 5.10 Å². The number of hydrogen-bond donors (Lipinski definition) is 1. The number of rotatable bonds is 2. The summed E-state index contributed by atoms with van der Waals surface area (Å²) in [4.78, 5) is 14.3. The Morgan fingerprint density at radius 3 is 2.85 bits per heavy atom. The summed E-state index contributed by atoms with van der Waals surface area (Å²) < 4.78 is 7.48. The molecule has 0 radical (unpaired) electrons. The average Bonchev–Trinajstić information content (AvgIpc) is 2.94. The minimum Gasteiger partial charge on any atom is -0.366 e. The van der Waals surface area contributed by atoms with Crippen molar-refractivity contribution in [2.24, 2.45) is 7.05 Å². The number of aromatic nitrogens is 2. The molecule has 2 aliphatic rings. The monoisotopic (exact) mass is 278 g/mol. The van der Waals surface area contributed by atoms with Gasteiger partial charge in [0.05, 0.1) is 6.61 Å². The van der Waals surface area contributed by atoms with Crippen LogP contribution in [0.1, 0.15) is 24.5 Å². The van der Waals surface area contributed by atoms with Crippen molar-refractivity contribution in [3.8, 4) is 0 Å². The molecule has 2 saturated heterocycles. The summed E-state index contributed by atoms with van der Waals surface area (Å²) in [7, 11) is 1.98. The number of nitrogens with zero attached hydrogens (tertiary/aromatic N) is 3. The number of likely N-dealkylation sites (tertiary alicyclic amines) is 1. The molecule has 0 bridgehead atoms. The summed E-state index contributed by atoms with van der Waals surface area (Å²) in [5.41, 5.74) is 1.27. The Morgan fingerprint density at radius 1 is 1.45 bits per heavy atom. The van der Waals surface area contributed by atoms with Gasteiger partial charge in [-0.05, 0) is 18.9 Å². The lowest BCUT2D eigenvalue weighted by Crippen LogP contribution is -2.51. The molecule has 20 heavy (non-hydrogen) atoms. The fraction of sp³-hybridized carbons (Fsp3) is 0.714. The van der Waals surface area contributed by atoms with E-state index in [0.717, 1.165) is 32.5 Å². The topological polar surface area (TPSA) is 59.4 Å². The van der Waals surface area contributed by atoms with E-state index in [0.29, 0.717) is 19.1 Å². The molecule has 2 fully saturated rings. The maximum absolute atomic E-state index is 12.4. The van der Waals surface area contributed by atoms with Gasteiger partial charge in [0.15, 0.2) is 0 Å². The van der Waals surface area contributed by atoms with Gasteiger partial charge in [-0.1, -0.05) is 0 Å². The van der Waals surface area contributed by atoms with Gasteiger partial charge in [0, 0.05) is 51.0 Å². The molecule has 1 amide bonds. The maximum atomic E-state index is 12.4. The number of aryl methyl sites for hydroxylation is 1. The van der Waals surface area contributed by atoms with E-state index in [4.69, 9.17) is 4.74 Å². The summed E-state index contributed by atoms with van der Waals surface area (Å²) in [5.74, 6) is 0.651. The van der Waals surface area contributed by atoms with Crippen molar-refractivity contribution in [3.63, 3.8) is 0 Å². The van der Waals surface area contributed by atoms with Crippen molar-refractivity contribution in [2.75, 3.05) is 32.8 Å². The summed E-state index contributed by atoms with van der Waals surface area (Å²) >= 11 is 0. The van der Waals surface area contributed by atoms with E-state index in [1.54, 1.807) is 0 Å². The third-order valence-electron chi connectivity index (χ3n) is 4.29. The zero-order valence-electron chi connectivity index (χ0n) is 11.9. The number of amides is 1. The van der Waals surface area contributed by atoms with Crippen LogP contribution >= 0.6 is 0 Å². The lowest BCUT2D eigenvalue weighted by Gasteiger charge is -2.35. The maximum Gasteiger partial charge on any atom is 0.253 e. The Bertz CT molecular complexity index is 459. The molecule has 110 valence electrons. The molecule has 0 aliphatic carbocycles. The zero-order chi connectivity index (χ0) is 13.9. The van der Waals surface area contributed by atoms with Gasteiger partial charge in [-0.3, -0.25) is 9.48 Å². The second kappa shape index (κ2) is 5.93. The Balaban J connectivity index is 1.55. The number of carbonyl (C=O) groups is 1. The highest BCUT2D eigenvalue weighted by atomic mass is 16.5. The molecule has 0 aromatic carbocycles. The predicted molar refractivity (Wildman–Crippen MR) is 74.4 cm³/mol. The quantitative estimate of drug-likeness (QED) is 0.834. The van der Waals surface area contributed by atoms with E-state index in [1.165, 1.54) is 5.69 Å². The lowest BCUT2D eigenvalue weighted by atomic mass is 9.93. The number of morpholine rings is 1. The first-order valence-electron chi connectivity index (χ1n) is 7.34. The summed E-state index contributed by atoms with van der Waals surface area (Å²) in [5, 5.41) is 7.44. The van der Waals surface area contributed by atoms with E-state index in [2.05, 4.69) is 16.5 Å². The first-order chi connectivity index (χ1) is 9.75. The largest absolute Gasteiger partial charge is 0.366 e. The van der Waals surface area contributed by atoms with Gasteiger partial charge < -0.3 is 15.0 Å². The van der Waals surface area contributed by atoms with Crippen molar-refractivity contribution in [3.05, 3.63) is 18.0 Å². The van der Waals surface area contributed by atoms with Gasteiger partial charge in [0.1, 0.15) is 6.10 Å². The molecule has 1 atom stereocenters. The number of carbonyl (C=O) groups excluding carboxylic acids is 1. The molecule has 1 N–H and O–H groups in total. The molecule has 3 rings (SSSR count). The van der Waals surface area contributed by atoms with E-state index in [-0.39, 0.29) is 12.0 Å². The van der Waals surface area contributed by atoms with E-state index >= 15 is 0 Å². The second-order valence-corrected chi connectivity index (χ2v) is 5.54. The molecule has 3 heterocycles. The van der Waals surface area contributed by atoms with E-state index in [1.807, 2.05) is 22.8 Å². The van der Waals surface area contributed by atoms with Gasteiger partial charge in [-0.15, -0.1) is 0 Å². The molecule has 0 spiro atoms. The van der Waals surface area contributed by atoms with Crippen LogP contribution in [0.25, 0.3) is 0 Å². The van der Waals surface area contributed by atoms with E-state index < -0.39 is 0 Å². The first kappa shape index (κ1) is 13.6. The standard InChI is InChI=1S/C14H22N4O2/c1-17-12(2-5-16-17)11-3-7-18(8-4-11)14(19)13-10-15-6-9-20-13/h2,5,11,13,15H,3-4,6-10H2,1H3/t13-/m0/s1. The Kier molecular flexibility index (Phi) is 4.03. The molecule has 6 heteroatoms. The highest BCUT2D eigenvalue weighted by molar-refractivity contribution is 5.81. The molecular weight excluding hydrogens is 256 g/mol. The highest BCUT2D eigenvalue weighted by Crippen LogP contribution is 2.27. The van der Waals surface area contributed by atoms with Crippen LogP contribution in [-0.4, -0.2) is 59.5 Å². The smallest absolute Gasteiger partial charge is 0.253 e. The molecular formula is C14H22N4O2. The minimum atomic E-state index is -0.294. The fourth-order valence-corrected chi connectivity index (χ4v) is 3.11. The third-order valence-corrected chi connectivity index (χ3v) is 4.29. The van der Waals surface area contributed by atoms with Crippen LogP contribution in [0.3, 0.4) is 0 Å². The van der Waals surface area contributed by atoms with Crippen LogP contribution in [-0.2, 0) is 16.6 Å². The highest BCUT2D eigenvalue weighted by Gasteiger charge is 2.30. The molecule has 0 unspecified atom stereocenters.